The van der Waals surface area contributed by atoms with Crippen molar-refractivity contribution in [2.45, 2.75) is 18.5 Å². The summed E-state index contributed by atoms with van der Waals surface area (Å²) in [6.45, 7) is 0. The van der Waals surface area contributed by atoms with Gasteiger partial charge in [-0.1, -0.05) is 115 Å². The Morgan fingerprint density at radius 1 is 0.500 bits per heavy atom. The molecule has 52 heavy (non-hydrogen) atoms. The van der Waals surface area contributed by atoms with E-state index < -0.39 is 0 Å². The van der Waals surface area contributed by atoms with Gasteiger partial charge in [-0.05, 0) is 70.8 Å². The molecule has 0 amide bonds. The first kappa shape index (κ1) is 30.3. The van der Waals surface area contributed by atoms with Crippen molar-refractivity contribution in [2.24, 2.45) is 0 Å². The van der Waals surface area contributed by atoms with Crippen LogP contribution in [-0.4, -0.2) is 4.57 Å². The van der Waals surface area contributed by atoms with Crippen molar-refractivity contribution in [1.29, 1.82) is 5.26 Å². The van der Waals surface area contributed by atoms with E-state index in [4.69, 9.17) is 4.42 Å². The van der Waals surface area contributed by atoms with Gasteiger partial charge < -0.3 is 8.98 Å². The number of para-hydroxylation sites is 3. The van der Waals surface area contributed by atoms with E-state index in [0.29, 0.717) is 5.56 Å². The van der Waals surface area contributed by atoms with Crippen LogP contribution in [0, 0.1) is 11.3 Å². The summed E-state index contributed by atoms with van der Waals surface area (Å²) in [4.78, 5) is 0. The fourth-order valence-electron chi connectivity index (χ4n) is 7.86. The summed E-state index contributed by atoms with van der Waals surface area (Å²) < 4.78 is 8.77. The van der Waals surface area contributed by atoms with Gasteiger partial charge in [-0.25, -0.2) is 0 Å². The smallest absolute Gasteiger partial charge is 0.143 e. The Kier molecular flexibility index (Phi) is 7.22. The molecular weight excluding hydrogens is 639 g/mol. The van der Waals surface area contributed by atoms with Gasteiger partial charge in [-0.3, -0.25) is 16.0 Å². The average Bonchev–Trinajstić information content (AvgIpc) is 3.77. The number of benzene rings is 7. The molecule has 10 rings (SSSR count). The topological polar surface area (TPSA) is 78.0 Å². The molecule has 3 unspecified atom stereocenters. The van der Waals surface area contributed by atoms with E-state index in [1.54, 1.807) is 0 Å². The van der Waals surface area contributed by atoms with Crippen LogP contribution in [0.15, 0.2) is 168 Å². The molecule has 1 fully saturated rings. The molecule has 0 saturated carbocycles. The molecule has 248 valence electrons. The molecule has 1 saturated heterocycles. The summed E-state index contributed by atoms with van der Waals surface area (Å²) in [5, 5.41) is 25.5. The molecule has 6 nitrogen and oxygen atoms in total. The Morgan fingerprint density at radius 2 is 1.13 bits per heavy atom. The van der Waals surface area contributed by atoms with Gasteiger partial charge in [0.15, 0.2) is 0 Å². The molecule has 0 aliphatic carbocycles. The minimum absolute atomic E-state index is 0.0974. The molecule has 0 bridgehead atoms. The number of hydrogen-bond acceptors (Lipinski definition) is 5. The Morgan fingerprint density at radius 3 is 1.94 bits per heavy atom. The third-order valence-corrected chi connectivity index (χ3v) is 10.4. The molecule has 7 aromatic carbocycles. The highest BCUT2D eigenvalue weighted by molar-refractivity contribution is 6.13. The van der Waals surface area contributed by atoms with E-state index in [9.17, 15) is 5.26 Å². The minimum Gasteiger partial charge on any atom is -0.455 e. The van der Waals surface area contributed by atoms with Gasteiger partial charge in [-0.15, -0.1) is 0 Å². The van der Waals surface area contributed by atoms with Gasteiger partial charge in [0.2, 0.25) is 0 Å². The van der Waals surface area contributed by atoms with Crippen molar-refractivity contribution < 1.29 is 4.42 Å². The lowest BCUT2D eigenvalue weighted by Gasteiger charge is -2.39. The lowest BCUT2D eigenvalue weighted by atomic mass is 10.0. The summed E-state index contributed by atoms with van der Waals surface area (Å²) in [5.74, 6) is 0. The van der Waals surface area contributed by atoms with Crippen LogP contribution in [0.3, 0.4) is 0 Å². The Bertz CT molecular complexity index is 2810. The number of nitrogens with zero attached hydrogens (tertiary/aromatic N) is 2. The Hall–Kier alpha value is -6.49. The van der Waals surface area contributed by atoms with Crippen molar-refractivity contribution in [1.82, 2.24) is 20.5 Å². The van der Waals surface area contributed by atoms with Crippen LogP contribution in [0.5, 0.6) is 0 Å². The van der Waals surface area contributed by atoms with Crippen LogP contribution in [0.25, 0.3) is 60.6 Å². The highest BCUT2D eigenvalue weighted by atomic mass is 16.3. The van der Waals surface area contributed by atoms with Gasteiger partial charge in [0.1, 0.15) is 11.2 Å². The van der Waals surface area contributed by atoms with E-state index in [1.165, 1.54) is 10.8 Å². The number of nitrogens with one attached hydrogen (secondary N) is 3. The van der Waals surface area contributed by atoms with Crippen LogP contribution in [0.2, 0.25) is 0 Å². The molecule has 3 heterocycles. The second-order valence-electron chi connectivity index (χ2n) is 13.4. The number of hydrogen-bond donors (Lipinski definition) is 3. The van der Waals surface area contributed by atoms with Crippen LogP contribution >= 0.6 is 0 Å². The fraction of sp³-hybridized carbons (Fsp3) is 0.0652. The van der Waals surface area contributed by atoms with E-state index in [1.807, 2.05) is 36.4 Å². The Labute approximate surface area is 300 Å². The van der Waals surface area contributed by atoms with E-state index in [2.05, 4.69) is 154 Å². The molecule has 6 heteroatoms. The summed E-state index contributed by atoms with van der Waals surface area (Å²) in [6, 6.07) is 59.3. The zero-order valence-corrected chi connectivity index (χ0v) is 28.1. The first-order chi connectivity index (χ1) is 25.7. The summed E-state index contributed by atoms with van der Waals surface area (Å²) in [7, 11) is 0. The maximum atomic E-state index is 9.58. The third kappa shape index (κ3) is 5.07. The first-order valence-corrected chi connectivity index (χ1v) is 17.6. The maximum absolute atomic E-state index is 9.58. The molecule has 3 atom stereocenters. The summed E-state index contributed by atoms with van der Waals surface area (Å²) >= 11 is 0. The first-order valence-electron chi connectivity index (χ1n) is 17.6. The molecular formula is C46H33N5O. The number of fused-ring (bicyclic) bond motifs is 6. The van der Waals surface area contributed by atoms with Crippen molar-refractivity contribution in [3.05, 3.63) is 186 Å². The van der Waals surface area contributed by atoms with Crippen molar-refractivity contribution in [3.63, 3.8) is 0 Å². The molecule has 1 aliphatic rings. The zero-order chi connectivity index (χ0) is 34.6. The predicted octanol–water partition coefficient (Wildman–Crippen LogP) is 10.4. The van der Waals surface area contributed by atoms with Gasteiger partial charge in [-0.2, -0.15) is 5.26 Å². The number of aromatic nitrogens is 1. The molecule has 3 N–H and O–H groups in total. The second kappa shape index (κ2) is 12.4. The van der Waals surface area contributed by atoms with Crippen LogP contribution < -0.4 is 16.0 Å². The van der Waals surface area contributed by atoms with Crippen LogP contribution in [0.4, 0.5) is 0 Å². The molecule has 9 aromatic rings. The summed E-state index contributed by atoms with van der Waals surface area (Å²) in [6.07, 6.45) is -0.404. The van der Waals surface area contributed by atoms with Gasteiger partial charge in [0, 0.05) is 32.8 Å². The standard InChI is InChI=1S/C46H33N5O/c47-28-29-10-8-13-33(26-29)46-49-44(30-11-2-1-3-12-30)48-45(50-46)31-20-23-34(24-21-31)51-40-18-6-4-14-36(40)39-27-32(22-25-41(39)51)35-16-9-17-38-37-15-5-7-19-42(37)52-43(35)38/h1-27,44-46,48-50H. The maximum Gasteiger partial charge on any atom is 0.143 e. The highest BCUT2D eigenvalue weighted by Gasteiger charge is 2.30. The van der Waals surface area contributed by atoms with Gasteiger partial charge >= 0.3 is 0 Å². The fourth-order valence-corrected chi connectivity index (χ4v) is 7.86. The zero-order valence-electron chi connectivity index (χ0n) is 28.1. The largest absolute Gasteiger partial charge is 0.455 e. The number of furan rings is 1. The number of rotatable bonds is 5. The summed E-state index contributed by atoms with van der Waals surface area (Å²) in [5.41, 5.74) is 11.4. The SMILES string of the molecule is N#Cc1cccc(C2NC(c3ccccc3)NC(c3ccc(-n4c5ccccc5c5cc(-c6cccc7c6oc6ccccc67)ccc54)cc3)N2)c1. The van der Waals surface area contributed by atoms with Gasteiger partial charge in [0.25, 0.3) is 0 Å². The van der Waals surface area contributed by atoms with E-state index >= 15 is 0 Å². The van der Waals surface area contributed by atoms with Crippen LogP contribution in [-0.2, 0) is 0 Å². The molecule has 2 aromatic heterocycles. The molecule has 0 spiro atoms. The third-order valence-electron chi connectivity index (χ3n) is 10.4. The predicted molar refractivity (Wildman–Crippen MR) is 209 cm³/mol. The van der Waals surface area contributed by atoms with Crippen molar-refractivity contribution in [2.75, 3.05) is 0 Å². The normalized spacial score (nSPS) is 17.6. The number of nitriles is 1. The minimum atomic E-state index is -0.165. The van der Waals surface area contributed by atoms with E-state index in [-0.39, 0.29) is 18.5 Å². The lowest BCUT2D eigenvalue weighted by Crippen LogP contribution is -2.54. The van der Waals surface area contributed by atoms with E-state index in [0.717, 1.165) is 66.5 Å². The van der Waals surface area contributed by atoms with Gasteiger partial charge in [0.05, 0.1) is 41.2 Å². The van der Waals surface area contributed by atoms with Crippen molar-refractivity contribution >= 4 is 43.7 Å². The van der Waals surface area contributed by atoms with Crippen LogP contribution in [0.1, 0.15) is 40.8 Å². The molecule has 0 radical (unpaired) electrons. The van der Waals surface area contributed by atoms with Crippen molar-refractivity contribution in [3.8, 4) is 22.9 Å². The molecule has 1 aliphatic heterocycles. The monoisotopic (exact) mass is 671 g/mol. The second-order valence-corrected chi connectivity index (χ2v) is 13.4. The highest BCUT2D eigenvalue weighted by Crippen LogP contribution is 2.39. The quantitative estimate of drug-likeness (QED) is 0.170. The Balaban J connectivity index is 1.03. The lowest BCUT2D eigenvalue weighted by molar-refractivity contribution is 0.203. The average molecular weight is 672 g/mol.